The van der Waals surface area contributed by atoms with Crippen LogP contribution in [0.15, 0.2) is 24.3 Å². The van der Waals surface area contributed by atoms with Crippen molar-refractivity contribution in [1.82, 2.24) is 5.32 Å². The lowest BCUT2D eigenvalue weighted by molar-refractivity contribution is -0.137. The lowest BCUT2D eigenvalue weighted by Crippen LogP contribution is -2.35. The topological polar surface area (TPSA) is 46.2 Å². The number of nitrogens with one attached hydrogen (secondary N) is 1. The molecule has 0 heterocycles. The third-order valence-corrected chi connectivity index (χ3v) is 5.10. The van der Waals surface area contributed by atoms with E-state index in [1.165, 1.54) is 12.1 Å². The van der Waals surface area contributed by atoms with Gasteiger partial charge in [-0.1, -0.05) is 19.1 Å². The molecule has 3 nitrogen and oxygen atoms in total. The van der Waals surface area contributed by atoms with Crippen LogP contribution in [-0.2, 0) is 16.0 Å². The summed E-state index contributed by atoms with van der Waals surface area (Å²) >= 11 is 0. The van der Waals surface area contributed by atoms with Gasteiger partial charge in [-0.15, -0.1) is 0 Å². The third-order valence-electron chi connectivity index (χ3n) is 3.22. The molecule has 1 aromatic rings. The second-order valence-electron chi connectivity index (χ2n) is 5.11. The van der Waals surface area contributed by atoms with E-state index in [1.807, 2.05) is 0 Å². The molecular weight excluding hydrogens is 303 g/mol. The Morgan fingerprint density at radius 1 is 1.14 bits per heavy atom. The van der Waals surface area contributed by atoms with Crippen molar-refractivity contribution in [3.63, 3.8) is 0 Å². The van der Waals surface area contributed by atoms with Crippen LogP contribution in [0.25, 0.3) is 0 Å². The molecular formula is C14H20F3NO2S. The number of hydrogen-bond acceptors (Lipinski definition) is 3. The van der Waals surface area contributed by atoms with E-state index in [9.17, 15) is 21.6 Å². The molecule has 0 amide bonds. The quantitative estimate of drug-likeness (QED) is 0.874. The van der Waals surface area contributed by atoms with E-state index in [0.717, 1.165) is 12.1 Å². The molecule has 0 bridgehead atoms. The van der Waals surface area contributed by atoms with E-state index >= 15 is 0 Å². The van der Waals surface area contributed by atoms with E-state index in [0.29, 0.717) is 5.56 Å². The summed E-state index contributed by atoms with van der Waals surface area (Å²) in [4.78, 5) is 0. The molecule has 1 N–H and O–H groups in total. The van der Waals surface area contributed by atoms with Gasteiger partial charge in [0.25, 0.3) is 0 Å². The maximum absolute atomic E-state index is 12.5. The average molecular weight is 323 g/mol. The predicted molar refractivity (Wildman–Crippen MR) is 76.8 cm³/mol. The first-order valence-corrected chi connectivity index (χ1v) is 8.51. The van der Waals surface area contributed by atoms with Crippen molar-refractivity contribution in [1.29, 1.82) is 0 Å². The largest absolute Gasteiger partial charge is 0.416 e. The smallest absolute Gasteiger partial charge is 0.307 e. The van der Waals surface area contributed by atoms with E-state index in [-0.39, 0.29) is 23.6 Å². The number of rotatable bonds is 6. The first-order chi connectivity index (χ1) is 9.55. The Morgan fingerprint density at radius 2 is 1.67 bits per heavy atom. The molecule has 0 aliphatic carbocycles. The molecule has 21 heavy (non-hydrogen) atoms. The Kier molecular flexibility index (Phi) is 5.81. The Bertz CT molecular complexity index is 553. The van der Waals surface area contributed by atoms with Gasteiger partial charge in [0.2, 0.25) is 0 Å². The summed E-state index contributed by atoms with van der Waals surface area (Å²) in [6, 6.07) is 4.37. The van der Waals surface area contributed by atoms with E-state index in [2.05, 4.69) is 5.32 Å². The summed E-state index contributed by atoms with van der Waals surface area (Å²) in [7, 11) is -3.08. The average Bonchev–Trinajstić information content (AvgIpc) is 2.37. The van der Waals surface area contributed by atoms with Crippen molar-refractivity contribution >= 4 is 9.84 Å². The van der Waals surface area contributed by atoms with E-state index < -0.39 is 21.6 Å². The van der Waals surface area contributed by atoms with Gasteiger partial charge in [0.1, 0.15) is 0 Å². The van der Waals surface area contributed by atoms with E-state index in [1.54, 1.807) is 20.8 Å². The lowest BCUT2D eigenvalue weighted by Gasteiger charge is -2.20. The molecule has 0 spiro atoms. The number of halogens is 3. The minimum Gasteiger partial charge on any atom is -0.307 e. The summed E-state index contributed by atoms with van der Waals surface area (Å²) < 4.78 is 60.5. The van der Waals surface area contributed by atoms with Crippen LogP contribution in [0.4, 0.5) is 13.2 Å². The van der Waals surface area contributed by atoms with Crippen LogP contribution in [-0.4, -0.2) is 26.0 Å². The standard InChI is InChI=1S/C14H20F3NO2S/c1-4-21(19,20)9-10(2)18-11(3)12-5-7-13(8-6-12)14(15,16)17/h5-8,10-11,18H,4,9H2,1-3H3. The Labute approximate surface area is 123 Å². The van der Waals surface area contributed by atoms with Crippen LogP contribution in [0.3, 0.4) is 0 Å². The molecule has 2 unspecified atom stereocenters. The van der Waals surface area contributed by atoms with Crippen molar-refractivity contribution in [3.8, 4) is 0 Å². The fourth-order valence-corrected chi connectivity index (χ4v) is 3.12. The van der Waals surface area contributed by atoms with Crippen molar-refractivity contribution in [2.45, 2.75) is 39.0 Å². The molecule has 0 fully saturated rings. The van der Waals surface area contributed by atoms with Crippen LogP contribution < -0.4 is 5.32 Å². The van der Waals surface area contributed by atoms with Gasteiger partial charge in [-0.05, 0) is 31.5 Å². The van der Waals surface area contributed by atoms with Gasteiger partial charge in [0.15, 0.2) is 9.84 Å². The summed E-state index contributed by atoms with van der Waals surface area (Å²) in [6.45, 7) is 5.12. The maximum atomic E-state index is 12.5. The molecule has 120 valence electrons. The number of hydrogen-bond donors (Lipinski definition) is 1. The fraction of sp³-hybridized carbons (Fsp3) is 0.571. The van der Waals surface area contributed by atoms with Gasteiger partial charge in [0, 0.05) is 17.8 Å². The first kappa shape index (κ1) is 18.0. The molecule has 0 aromatic heterocycles. The van der Waals surface area contributed by atoms with Gasteiger partial charge in [-0.2, -0.15) is 13.2 Å². The molecule has 0 saturated heterocycles. The van der Waals surface area contributed by atoms with Gasteiger partial charge in [-0.3, -0.25) is 0 Å². The van der Waals surface area contributed by atoms with Crippen LogP contribution in [0.2, 0.25) is 0 Å². The van der Waals surface area contributed by atoms with Gasteiger partial charge >= 0.3 is 6.18 Å². The highest BCUT2D eigenvalue weighted by Gasteiger charge is 2.30. The summed E-state index contributed by atoms with van der Waals surface area (Å²) in [6.07, 6.45) is -4.35. The second kappa shape index (κ2) is 6.79. The zero-order chi connectivity index (χ0) is 16.3. The fourth-order valence-electron chi connectivity index (χ4n) is 2.03. The van der Waals surface area contributed by atoms with Crippen LogP contribution in [0, 0.1) is 0 Å². The number of alkyl halides is 3. The summed E-state index contributed by atoms with van der Waals surface area (Å²) in [5, 5.41) is 3.08. The van der Waals surface area contributed by atoms with Crippen LogP contribution >= 0.6 is 0 Å². The highest BCUT2D eigenvalue weighted by Crippen LogP contribution is 2.29. The minimum absolute atomic E-state index is 0.00841. The second-order valence-corrected chi connectivity index (χ2v) is 7.51. The van der Waals surface area contributed by atoms with Crippen LogP contribution in [0.1, 0.15) is 37.9 Å². The van der Waals surface area contributed by atoms with Gasteiger partial charge < -0.3 is 5.32 Å². The lowest BCUT2D eigenvalue weighted by atomic mass is 10.1. The number of sulfone groups is 1. The van der Waals surface area contributed by atoms with Crippen molar-refractivity contribution in [3.05, 3.63) is 35.4 Å². The molecule has 2 atom stereocenters. The van der Waals surface area contributed by atoms with Crippen molar-refractivity contribution < 1.29 is 21.6 Å². The molecule has 1 aromatic carbocycles. The minimum atomic E-state index is -4.35. The Hall–Kier alpha value is -1.08. The third kappa shape index (κ3) is 5.67. The van der Waals surface area contributed by atoms with Crippen LogP contribution in [0.5, 0.6) is 0 Å². The Balaban J connectivity index is 2.70. The molecule has 0 saturated carbocycles. The van der Waals surface area contributed by atoms with Crippen molar-refractivity contribution in [2.24, 2.45) is 0 Å². The zero-order valence-corrected chi connectivity index (χ0v) is 13.1. The van der Waals surface area contributed by atoms with Gasteiger partial charge in [-0.25, -0.2) is 8.42 Å². The van der Waals surface area contributed by atoms with E-state index in [4.69, 9.17) is 0 Å². The number of benzene rings is 1. The Morgan fingerprint density at radius 3 is 2.10 bits per heavy atom. The monoisotopic (exact) mass is 323 g/mol. The molecule has 7 heteroatoms. The molecule has 0 aliphatic rings. The van der Waals surface area contributed by atoms with Gasteiger partial charge in [0.05, 0.1) is 11.3 Å². The highest BCUT2D eigenvalue weighted by molar-refractivity contribution is 7.91. The highest BCUT2D eigenvalue weighted by atomic mass is 32.2. The molecule has 0 aliphatic heterocycles. The maximum Gasteiger partial charge on any atom is 0.416 e. The zero-order valence-electron chi connectivity index (χ0n) is 12.2. The molecule has 0 radical (unpaired) electrons. The summed E-state index contributed by atoms with van der Waals surface area (Å²) in [5.74, 6) is 0.0855. The molecule has 1 rings (SSSR count). The first-order valence-electron chi connectivity index (χ1n) is 6.69. The SMILES string of the molecule is CCS(=O)(=O)CC(C)NC(C)c1ccc(C(F)(F)F)cc1. The van der Waals surface area contributed by atoms with Crippen molar-refractivity contribution in [2.75, 3.05) is 11.5 Å². The summed E-state index contributed by atoms with van der Waals surface area (Å²) in [5.41, 5.74) is -0.0104. The normalized spacial score (nSPS) is 15.7. The predicted octanol–water partition coefficient (Wildman–Crippen LogP) is 3.18.